The molecule has 18 heavy (non-hydrogen) atoms. The lowest BCUT2D eigenvalue weighted by Crippen LogP contribution is -1.86. The van der Waals surface area contributed by atoms with Gasteiger partial charge in [-0.05, 0) is 26.0 Å². The van der Waals surface area contributed by atoms with Gasteiger partial charge in [0.2, 0.25) is 0 Å². The summed E-state index contributed by atoms with van der Waals surface area (Å²) in [5, 5.41) is 0. The molecule has 0 amide bonds. The standard InChI is InChI=1S/C15H14N2.HI/c1-11-6-8-13(9-7-11)14-10-17-12(2)4-3-5-15(17)16-14;/h3-10H,1-2H3;1H. The van der Waals surface area contributed by atoms with E-state index in [0.717, 1.165) is 11.3 Å². The minimum atomic E-state index is 0. The van der Waals surface area contributed by atoms with Crippen molar-refractivity contribution in [3.05, 3.63) is 59.9 Å². The maximum Gasteiger partial charge on any atom is 0.137 e. The Balaban J connectivity index is 0.00000120. The lowest BCUT2D eigenvalue weighted by Gasteiger charge is -1.97. The number of fused-ring (bicyclic) bond motifs is 1. The Morgan fingerprint density at radius 3 is 2.33 bits per heavy atom. The SMILES string of the molecule is Cc1ccc(-c2cn3c(C)cccc3n2)cc1.I. The van der Waals surface area contributed by atoms with Gasteiger partial charge < -0.3 is 4.40 Å². The second-order valence-electron chi connectivity index (χ2n) is 4.39. The second-order valence-corrected chi connectivity index (χ2v) is 4.39. The highest BCUT2D eigenvalue weighted by Crippen LogP contribution is 2.20. The Morgan fingerprint density at radius 2 is 1.67 bits per heavy atom. The summed E-state index contributed by atoms with van der Waals surface area (Å²) in [7, 11) is 0. The molecule has 2 aromatic heterocycles. The molecule has 92 valence electrons. The molecule has 0 aliphatic carbocycles. The van der Waals surface area contributed by atoms with Crippen LogP contribution in [0.2, 0.25) is 0 Å². The first-order valence-corrected chi connectivity index (χ1v) is 5.76. The zero-order chi connectivity index (χ0) is 11.8. The van der Waals surface area contributed by atoms with Crippen LogP contribution in [-0.2, 0) is 0 Å². The molecule has 1 aromatic carbocycles. The Kier molecular flexibility index (Phi) is 3.71. The van der Waals surface area contributed by atoms with Crippen molar-refractivity contribution in [3.8, 4) is 11.3 Å². The topological polar surface area (TPSA) is 17.3 Å². The van der Waals surface area contributed by atoms with Gasteiger partial charge in [0, 0.05) is 17.5 Å². The first kappa shape index (κ1) is 13.1. The van der Waals surface area contributed by atoms with E-state index >= 15 is 0 Å². The van der Waals surface area contributed by atoms with Crippen LogP contribution in [0.25, 0.3) is 16.9 Å². The number of rotatable bonds is 1. The molecule has 0 saturated heterocycles. The molecule has 0 atom stereocenters. The van der Waals surface area contributed by atoms with Gasteiger partial charge in [-0.3, -0.25) is 0 Å². The predicted octanol–water partition coefficient (Wildman–Crippen LogP) is 4.24. The minimum Gasteiger partial charge on any atom is -0.304 e. The van der Waals surface area contributed by atoms with Crippen LogP contribution in [0.4, 0.5) is 0 Å². The molecule has 0 N–H and O–H groups in total. The highest BCUT2D eigenvalue weighted by atomic mass is 127. The molecule has 3 rings (SSSR count). The van der Waals surface area contributed by atoms with Crippen molar-refractivity contribution in [3.63, 3.8) is 0 Å². The van der Waals surface area contributed by atoms with E-state index in [9.17, 15) is 0 Å². The molecule has 3 aromatic rings. The third-order valence-electron chi connectivity index (χ3n) is 3.04. The van der Waals surface area contributed by atoms with Crippen molar-refractivity contribution >= 4 is 29.6 Å². The lowest BCUT2D eigenvalue weighted by atomic mass is 10.1. The van der Waals surface area contributed by atoms with E-state index in [4.69, 9.17) is 0 Å². The number of hydrogen-bond acceptors (Lipinski definition) is 1. The smallest absolute Gasteiger partial charge is 0.137 e. The zero-order valence-corrected chi connectivity index (χ0v) is 12.8. The Morgan fingerprint density at radius 1 is 0.944 bits per heavy atom. The molecule has 0 aliphatic rings. The molecule has 0 saturated carbocycles. The van der Waals surface area contributed by atoms with Gasteiger partial charge in [-0.1, -0.05) is 35.9 Å². The molecule has 0 radical (unpaired) electrons. The van der Waals surface area contributed by atoms with Crippen LogP contribution in [0, 0.1) is 13.8 Å². The Bertz CT molecular complexity index is 669. The molecule has 2 nitrogen and oxygen atoms in total. The summed E-state index contributed by atoms with van der Waals surface area (Å²) in [6.07, 6.45) is 2.09. The van der Waals surface area contributed by atoms with Gasteiger partial charge in [0.1, 0.15) is 5.65 Å². The van der Waals surface area contributed by atoms with E-state index in [1.54, 1.807) is 0 Å². The fraction of sp³-hybridized carbons (Fsp3) is 0.133. The summed E-state index contributed by atoms with van der Waals surface area (Å²) in [4.78, 5) is 4.64. The fourth-order valence-electron chi connectivity index (χ4n) is 2.01. The van der Waals surface area contributed by atoms with Crippen LogP contribution in [0.15, 0.2) is 48.7 Å². The highest BCUT2D eigenvalue weighted by Gasteiger charge is 2.04. The molecule has 2 heterocycles. The molecular weight excluding hydrogens is 335 g/mol. The van der Waals surface area contributed by atoms with Crippen LogP contribution in [-0.4, -0.2) is 9.38 Å². The van der Waals surface area contributed by atoms with Crippen molar-refractivity contribution in [2.75, 3.05) is 0 Å². The Hall–Kier alpha value is -1.36. The molecule has 0 unspecified atom stereocenters. The van der Waals surface area contributed by atoms with E-state index in [2.05, 4.69) is 59.8 Å². The number of nitrogens with zero attached hydrogens (tertiary/aromatic N) is 2. The van der Waals surface area contributed by atoms with Crippen molar-refractivity contribution in [2.45, 2.75) is 13.8 Å². The van der Waals surface area contributed by atoms with E-state index in [1.807, 2.05) is 12.1 Å². The van der Waals surface area contributed by atoms with E-state index in [-0.39, 0.29) is 24.0 Å². The second kappa shape index (κ2) is 5.10. The number of hydrogen-bond donors (Lipinski definition) is 0. The summed E-state index contributed by atoms with van der Waals surface area (Å²) in [5.41, 5.74) is 5.67. The third kappa shape index (κ3) is 2.27. The predicted molar refractivity (Wildman–Crippen MR) is 85.5 cm³/mol. The van der Waals surface area contributed by atoms with Gasteiger partial charge in [-0.15, -0.1) is 24.0 Å². The van der Waals surface area contributed by atoms with Crippen LogP contribution in [0.5, 0.6) is 0 Å². The lowest BCUT2D eigenvalue weighted by molar-refractivity contribution is 1.09. The Labute approximate surface area is 124 Å². The average Bonchev–Trinajstić information content (AvgIpc) is 2.75. The summed E-state index contributed by atoms with van der Waals surface area (Å²) in [6.45, 7) is 4.19. The summed E-state index contributed by atoms with van der Waals surface area (Å²) in [6, 6.07) is 14.6. The molecule has 0 spiro atoms. The third-order valence-corrected chi connectivity index (χ3v) is 3.04. The van der Waals surface area contributed by atoms with Gasteiger partial charge in [-0.25, -0.2) is 4.98 Å². The number of pyridine rings is 1. The largest absolute Gasteiger partial charge is 0.304 e. The van der Waals surface area contributed by atoms with Gasteiger partial charge in [-0.2, -0.15) is 0 Å². The molecule has 0 fully saturated rings. The van der Waals surface area contributed by atoms with E-state index < -0.39 is 0 Å². The van der Waals surface area contributed by atoms with Gasteiger partial charge >= 0.3 is 0 Å². The van der Waals surface area contributed by atoms with Crippen molar-refractivity contribution < 1.29 is 0 Å². The molecule has 0 bridgehead atoms. The highest BCUT2D eigenvalue weighted by molar-refractivity contribution is 14.0. The maximum absolute atomic E-state index is 4.64. The summed E-state index contributed by atoms with van der Waals surface area (Å²) >= 11 is 0. The number of halogens is 1. The van der Waals surface area contributed by atoms with Gasteiger partial charge in [0.25, 0.3) is 0 Å². The first-order valence-electron chi connectivity index (χ1n) is 5.76. The van der Waals surface area contributed by atoms with Gasteiger partial charge in [0.05, 0.1) is 5.69 Å². The molecule has 3 heteroatoms. The monoisotopic (exact) mass is 350 g/mol. The number of aromatic nitrogens is 2. The number of benzene rings is 1. The van der Waals surface area contributed by atoms with Crippen LogP contribution in [0.1, 0.15) is 11.3 Å². The van der Waals surface area contributed by atoms with Crippen molar-refractivity contribution in [2.24, 2.45) is 0 Å². The molecule has 0 aliphatic heterocycles. The summed E-state index contributed by atoms with van der Waals surface area (Å²) < 4.78 is 2.12. The summed E-state index contributed by atoms with van der Waals surface area (Å²) in [5.74, 6) is 0. The quantitative estimate of drug-likeness (QED) is 0.600. The zero-order valence-electron chi connectivity index (χ0n) is 10.4. The van der Waals surface area contributed by atoms with Crippen molar-refractivity contribution in [1.82, 2.24) is 9.38 Å². The van der Waals surface area contributed by atoms with Crippen molar-refractivity contribution in [1.29, 1.82) is 0 Å². The number of imidazole rings is 1. The molecular formula is C15H15IN2. The van der Waals surface area contributed by atoms with E-state index in [0.29, 0.717) is 0 Å². The van der Waals surface area contributed by atoms with Gasteiger partial charge in [0.15, 0.2) is 0 Å². The normalized spacial score (nSPS) is 10.3. The minimum absolute atomic E-state index is 0. The van der Waals surface area contributed by atoms with Crippen LogP contribution >= 0.6 is 24.0 Å². The van der Waals surface area contributed by atoms with Crippen LogP contribution < -0.4 is 0 Å². The maximum atomic E-state index is 4.64. The first-order chi connectivity index (χ1) is 8.24. The van der Waals surface area contributed by atoms with Crippen LogP contribution in [0.3, 0.4) is 0 Å². The van der Waals surface area contributed by atoms with E-state index in [1.165, 1.54) is 16.8 Å². The average molecular weight is 350 g/mol. The number of aryl methyl sites for hydroxylation is 2. The fourth-order valence-corrected chi connectivity index (χ4v) is 2.01.